The molecule has 0 radical (unpaired) electrons. The second kappa shape index (κ2) is 6.16. The Balaban J connectivity index is 1.88. The van der Waals surface area contributed by atoms with Gasteiger partial charge in [-0.05, 0) is 25.0 Å². The predicted molar refractivity (Wildman–Crippen MR) is 77.4 cm³/mol. The van der Waals surface area contributed by atoms with Crippen molar-refractivity contribution in [3.05, 3.63) is 52.5 Å². The molecular formula is C14H18BrN3. The molecule has 2 rings (SSSR count). The molecule has 0 spiro atoms. The third kappa shape index (κ3) is 3.43. The molecule has 0 saturated heterocycles. The molecule has 4 heteroatoms. The first-order valence-electron chi connectivity index (χ1n) is 6.10. The van der Waals surface area contributed by atoms with Crippen LogP contribution in [0.4, 0.5) is 0 Å². The van der Waals surface area contributed by atoms with Crippen LogP contribution in [0, 0.1) is 0 Å². The number of benzene rings is 1. The number of aryl methyl sites for hydroxylation is 1. The Morgan fingerprint density at radius 2 is 2.17 bits per heavy atom. The normalized spacial score (nSPS) is 12.6. The van der Waals surface area contributed by atoms with Crippen LogP contribution >= 0.6 is 15.9 Å². The predicted octanol–water partition coefficient (Wildman–Crippen LogP) is 2.90. The molecule has 96 valence electrons. The second-order valence-corrected chi connectivity index (χ2v) is 5.39. The van der Waals surface area contributed by atoms with E-state index < -0.39 is 0 Å². The first-order valence-corrected chi connectivity index (χ1v) is 6.89. The number of imidazole rings is 1. The lowest BCUT2D eigenvalue weighted by Gasteiger charge is -2.14. The summed E-state index contributed by atoms with van der Waals surface area (Å²) < 4.78 is 3.22. The van der Waals surface area contributed by atoms with E-state index in [9.17, 15) is 0 Å². The van der Waals surface area contributed by atoms with Gasteiger partial charge in [-0.1, -0.05) is 34.1 Å². The summed E-state index contributed by atoms with van der Waals surface area (Å²) in [5, 5.41) is 3.50. The largest absolute Gasteiger partial charge is 0.337 e. The van der Waals surface area contributed by atoms with E-state index in [0.29, 0.717) is 6.04 Å². The average molecular weight is 308 g/mol. The third-order valence-corrected chi connectivity index (χ3v) is 3.79. The third-order valence-electron chi connectivity index (χ3n) is 3.01. The molecule has 0 fully saturated rings. The van der Waals surface area contributed by atoms with Crippen molar-refractivity contribution in [3.63, 3.8) is 0 Å². The van der Waals surface area contributed by atoms with Gasteiger partial charge in [0.2, 0.25) is 0 Å². The van der Waals surface area contributed by atoms with Gasteiger partial charge in [-0.25, -0.2) is 4.98 Å². The number of halogens is 1. The monoisotopic (exact) mass is 307 g/mol. The van der Waals surface area contributed by atoms with Crippen LogP contribution in [-0.4, -0.2) is 15.6 Å². The minimum Gasteiger partial charge on any atom is -0.337 e. The van der Waals surface area contributed by atoms with Gasteiger partial charge in [0.15, 0.2) is 0 Å². The van der Waals surface area contributed by atoms with Gasteiger partial charge in [-0.2, -0.15) is 0 Å². The van der Waals surface area contributed by atoms with Crippen LogP contribution in [0.5, 0.6) is 0 Å². The standard InChI is InChI=1S/C14H18BrN3/c1-11(9-12-5-3-4-6-13(12)15)17-10-14-16-7-8-18(14)2/h3-8,11,17H,9-10H2,1-2H3/t11-/m0/s1. The molecule has 0 unspecified atom stereocenters. The summed E-state index contributed by atoms with van der Waals surface area (Å²) in [6.45, 7) is 3.00. The van der Waals surface area contributed by atoms with Crippen molar-refractivity contribution in [2.45, 2.75) is 25.9 Å². The quantitative estimate of drug-likeness (QED) is 0.920. The Bertz CT molecular complexity index is 507. The van der Waals surface area contributed by atoms with Crippen LogP contribution in [0.1, 0.15) is 18.3 Å². The molecule has 1 aromatic carbocycles. The van der Waals surface area contributed by atoms with Gasteiger partial charge < -0.3 is 9.88 Å². The van der Waals surface area contributed by atoms with Gasteiger partial charge >= 0.3 is 0 Å². The van der Waals surface area contributed by atoms with Crippen LogP contribution in [0.3, 0.4) is 0 Å². The highest BCUT2D eigenvalue weighted by Crippen LogP contribution is 2.17. The fraction of sp³-hybridized carbons (Fsp3) is 0.357. The summed E-state index contributed by atoms with van der Waals surface area (Å²) in [7, 11) is 2.02. The van der Waals surface area contributed by atoms with Crippen LogP contribution in [0.2, 0.25) is 0 Å². The van der Waals surface area contributed by atoms with Crippen LogP contribution in [0.25, 0.3) is 0 Å². The topological polar surface area (TPSA) is 29.9 Å². The maximum absolute atomic E-state index is 4.30. The lowest BCUT2D eigenvalue weighted by atomic mass is 10.1. The SMILES string of the molecule is C[C@@H](Cc1ccccc1Br)NCc1nccn1C. The van der Waals surface area contributed by atoms with Gasteiger partial charge in [0, 0.05) is 30.0 Å². The molecule has 3 nitrogen and oxygen atoms in total. The first kappa shape index (κ1) is 13.3. The van der Waals surface area contributed by atoms with E-state index in [4.69, 9.17) is 0 Å². The lowest BCUT2D eigenvalue weighted by Crippen LogP contribution is -2.28. The minimum absolute atomic E-state index is 0.417. The molecule has 0 amide bonds. The van der Waals surface area contributed by atoms with E-state index in [-0.39, 0.29) is 0 Å². The van der Waals surface area contributed by atoms with E-state index in [2.05, 4.69) is 51.4 Å². The molecule has 0 bridgehead atoms. The van der Waals surface area contributed by atoms with Crippen molar-refractivity contribution in [1.29, 1.82) is 0 Å². The number of hydrogen-bond donors (Lipinski definition) is 1. The van der Waals surface area contributed by atoms with Crippen molar-refractivity contribution in [3.8, 4) is 0 Å². The second-order valence-electron chi connectivity index (χ2n) is 4.53. The fourth-order valence-electron chi connectivity index (χ4n) is 1.90. The zero-order chi connectivity index (χ0) is 13.0. The van der Waals surface area contributed by atoms with Crippen molar-refractivity contribution in [2.24, 2.45) is 7.05 Å². The number of rotatable bonds is 5. The molecule has 0 aliphatic rings. The highest BCUT2D eigenvalue weighted by Gasteiger charge is 2.07. The Morgan fingerprint density at radius 3 is 2.83 bits per heavy atom. The Labute approximate surface area is 116 Å². The van der Waals surface area contributed by atoms with Crippen LogP contribution < -0.4 is 5.32 Å². The van der Waals surface area contributed by atoms with E-state index >= 15 is 0 Å². The van der Waals surface area contributed by atoms with E-state index in [1.165, 1.54) is 10.0 Å². The van der Waals surface area contributed by atoms with Gasteiger partial charge in [0.1, 0.15) is 5.82 Å². The summed E-state index contributed by atoms with van der Waals surface area (Å²) in [6, 6.07) is 8.77. The van der Waals surface area contributed by atoms with E-state index in [1.807, 2.05) is 30.1 Å². The Morgan fingerprint density at radius 1 is 1.39 bits per heavy atom. The van der Waals surface area contributed by atoms with Crippen molar-refractivity contribution < 1.29 is 0 Å². The first-order chi connectivity index (χ1) is 8.66. The summed E-state index contributed by atoms with van der Waals surface area (Å²) in [6.07, 6.45) is 4.80. The lowest BCUT2D eigenvalue weighted by molar-refractivity contribution is 0.525. The fourth-order valence-corrected chi connectivity index (χ4v) is 2.34. The zero-order valence-corrected chi connectivity index (χ0v) is 12.3. The molecule has 2 aromatic rings. The van der Waals surface area contributed by atoms with Gasteiger partial charge in [0.25, 0.3) is 0 Å². The molecule has 18 heavy (non-hydrogen) atoms. The average Bonchev–Trinajstić information content (AvgIpc) is 2.75. The molecule has 1 heterocycles. The Hall–Kier alpha value is -1.13. The Kier molecular flexibility index (Phi) is 4.55. The molecule has 1 atom stereocenters. The smallest absolute Gasteiger partial charge is 0.122 e. The van der Waals surface area contributed by atoms with Crippen LogP contribution in [0.15, 0.2) is 41.1 Å². The number of nitrogens with zero attached hydrogens (tertiary/aromatic N) is 2. The van der Waals surface area contributed by atoms with Crippen molar-refractivity contribution in [1.82, 2.24) is 14.9 Å². The van der Waals surface area contributed by atoms with Gasteiger partial charge in [-0.3, -0.25) is 0 Å². The maximum Gasteiger partial charge on any atom is 0.122 e. The number of aromatic nitrogens is 2. The van der Waals surface area contributed by atoms with Crippen molar-refractivity contribution >= 4 is 15.9 Å². The van der Waals surface area contributed by atoms with Gasteiger partial charge in [-0.15, -0.1) is 0 Å². The molecule has 1 aromatic heterocycles. The van der Waals surface area contributed by atoms with E-state index in [0.717, 1.165) is 18.8 Å². The molecule has 1 N–H and O–H groups in total. The zero-order valence-electron chi connectivity index (χ0n) is 10.7. The van der Waals surface area contributed by atoms with Gasteiger partial charge in [0.05, 0.1) is 6.54 Å². The molecule has 0 aliphatic heterocycles. The molecule has 0 aliphatic carbocycles. The summed E-state index contributed by atoms with van der Waals surface area (Å²) in [5.74, 6) is 1.06. The maximum atomic E-state index is 4.30. The molecule has 0 saturated carbocycles. The summed E-state index contributed by atoms with van der Waals surface area (Å²) >= 11 is 3.58. The summed E-state index contributed by atoms with van der Waals surface area (Å²) in [4.78, 5) is 4.30. The van der Waals surface area contributed by atoms with Crippen LogP contribution in [-0.2, 0) is 20.0 Å². The van der Waals surface area contributed by atoms with Crippen molar-refractivity contribution in [2.75, 3.05) is 0 Å². The number of nitrogens with one attached hydrogen (secondary N) is 1. The molecular weight excluding hydrogens is 290 g/mol. The minimum atomic E-state index is 0.417. The number of hydrogen-bond acceptors (Lipinski definition) is 2. The highest BCUT2D eigenvalue weighted by molar-refractivity contribution is 9.10. The summed E-state index contributed by atoms with van der Waals surface area (Å²) in [5.41, 5.74) is 1.33. The van der Waals surface area contributed by atoms with E-state index in [1.54, 1.807) is 0 Å². The highest BCUT2D eigenvalue weighted by atomic mass is 79.9.